The molecule has 0 spiro atoms. The lowest BCUT2D eigenvalue weighted by atomic mass is 9.81. The highest BCUT2D eigenvalue weighted by molar-refractivity contribution is 7.89. The Bertz CT molecular complexity index is 937. The van der Waals surface area contributed by atoms with E-state index >= 15 is 0 Å². The molecule has 2 aliphatic rings. The third-order valence-electron chi connectivity index (χ3n) is 6.72. The molecular formula is C24H37N3O4S. The van der Waals surface area contributed by atoms with Crippen LogP contribution in [0.5, 0.6) is 0 Å². The Hall–Kier alpha value is -1.93. The van der Waals surface area contributed by atoms with E-state index in [4.69, 9.17) is 0 Å². The summed E-state index contributed by atoms with van der Waals surface area (Å²) in [6.07, 6.45) is 4.94. The van der Waals surface area contributed by atoms with Crippen LogP contribution in [0.2, 0.25) is 0 Å². The van der Waals surface area contributed by atoms with Crippen molar-refractivity contribution in [1.29, 1.82) is 0 Å². The molecule has 1 atom stereocenters. The summed E-state index contributed by atoms with van der Waals surface area (Å²) in [5.41, 5.74) is 1.69. The molecule has 0 saturated heterocycles. The third kappa shape index (κ3) is 5.90. The van der Waals surface area contributed by atoms with Crippen molar-refractivity contribution < 1.29 is 18.0 Å². The van der Waals surface area contributed by atoms with E-state index in [2.05, 4.69) is 23.9 Å². The standard InChI is InChI=1S/C24H37N3O4S/c1-16(2)11-12-25-24(29)20-7-5-19(6-8-20)15-26-32(30,31)22-9-10-23-21(14-22)13-17(3)27(23)18(4)28/h9-10,14,16-17,19-20,26H,5-8,11-13,15H2,1-4H3,(H,25,29)/t17-,19?,20?/m1/s1. The Kier molecular flexibility index (Phi) is 7.98. The molecule has 0 unspecified atom stereocenters. The topological polar surface area (TPSA) is 95.6 Å². The van der Waals surface area contributed by atoms with Crippen LogP contribution in [0.4, 0.5) is 5.69 Å². The summed E-state index contributed by atoms with van der Waals surface area (Å²) < 4.78 is 28.5. The Morgan fingerprint density at radius 1 is 1.16 bits per heavy atom. The van der Waals surface area contributed by atoms with Crippen LogP contribution in [0.25, 0.3) is 0 Å². The number of hydrogen-bond donors (Lipinski definition) is 2. The largest absolute Gasteiger partial charge is 0.356 e. The van der Waals surface area contributed by atoms with E-state index in [1.165, 1.54) is 6.92 Å². The van der Waals surface area contributed by atoms with Crippen LogP contribution >= 0.6 is 0 Å². The van der Waals surface area contributed by atoms with Crippen molar-refractivity contribution in [2.24, 2.45) is 17.8 Å². The van der Waals surface area contributed by atoms with Crippen LogP contribution in [0.3, 0.4) is 0 Å². The maximum Gasteiger partial charge on any atom is 0.240 e. The van der Waals surface area contributed by atoms with E-state index in [0.29, 0.717) is 18.9 Å². The number of nitrogens with one attached hydrogen (secondary N) is 2. The number of nitrogens with zero attached hydrogens (tertiary/aromatic N) is 1. The third-order valence-corrected chi connectivity index (χ3v) is 8.14. The first kappa shape index (κ1) is 24.7. The first-order chi connectivity index (χ1) is 15.1. The van der Waals surface area contributed by atoms with E-state index in [1.807, 2.05) is 6.92 Å². The molecule has 1 aliphatic carbocycles. The molecule has 2 amide bonds. The molecule has 0 radical (unpaired) electrons. The number of rotatable bonds is 8. The fraction of sp³-hybridized carbons (Fsp3) is 0.667. The molecule has 1 heterocycles. The van der Waals surface area contributed by atoms with Crippen molar-refractivity contribution in [3.63, 3.8) is 0 Å². The van der Waals surface area contributed by atoms with Gasteiger partial charge in [0, 0.05) is 37.7 Å². The van der Waals surface area contributed by atoms with Gasteiger partial charge in [-0.1, -0.05) is 13.8 Å². The van der Waals surface area contributed by atoms with Crippen molar-refractivity contribution in [1.82, 2.24) is 10.0 Å². The molecule has 1 saturated carbocycles. The SMILES string of the molecule is CC(=O)N1c2ccc(S(=O)(=O)NCC3CCC(C(=O)NCCC(C)C)CC3)cc2C[C@H]1C. The summed E-state index contributed by atoms with van der Waals surface area (Å²) in [4.78, 5) is 26.2. The molecule has 32 heavy (non-hydrogen) atoms. The molecule has 8 heteroatoms. The van der Waals surface area contributed by atoms with Gasteiger partial charge in [-0.25, -0.2) is 13.1 Å². The second-order valence-corrected chi connectivity index (χ2v) is 11.5. The Balaban J connectivity index is 1.51. The second-order valence-electron chi connectivity index (χ2n) is 9.78. The molecule has 178 valence electrons. The zero-order chi connectivity index (χ0) is 23.5. The van der Waals surface area contributed by atoms with Crippen LogP contribution in [-0.4, -0.2) is 39.4 Å². The zero-order valence-electron chi connectivity index (χ0n) is 19.7. The van der Waals surface area contributed by atoms with E-state index in [-0.39, 0.29) is 34.6 Å². The maximum atomic E-state index is 12.9. The maximum absolute atomic E-state index is 12.9. The quantitative estimate of drug-likeness (QED) is 0.619. The smallest absolute Gasteiger partial charge is 0.240 e. The van der Waals surface area contributed by atoms with E-state index in [0.717, 1.165) is 49.9 Å². The van der Waals surface area contributed by atoms with Gasteiger partial charge in [-0.15, -0.1) is 0 Å². The lowest BCUT2D eigenvalue weighted by molar-refractivity contribution is -0.126. The van der Waals surface area contributed by atoms with Crippen LogP contribution in [0.1, 0.15) is 65.4 Å². The minimum atomic E-state index is -3.62. The number of fused-ring (bicyclic) bond motifs is 1. The fourth-order valence-electron chi connectivity index (χ4n) is 4.82. The number of sulfonamides is 1. The number of carbonyl (C=O) groups is 2. The van der Waals surface area contributed by atoms with Gasteiger partial charge in [0.1, 0.15) is 0 Å². The van der Waals surface area contributed by atoms with Gasteiger partial charge in [0.25, 0.3) is 0 Å². The first-order valence-electron chi connectivity index (χ1n) is 11.8. The highest BCUT2D eigenvalue weighted by atomic mass is 32.2. The van der Waals surface area contributed by atoms with Gasteiger partial charge >= 0.3 is 0 Å². The number of hydrogen-bond acceptors (Lipinski definition) is 4. The Morgan fingerprint density at radius 3 is 2.47 bits per heavy atom. The molecule has 1 aromatic carbocycles. The highest BCUT2D eigenvalue weighted by Gasteiger charge is 2.31. The molecule has 0 bridgehead atoms. The predicted octanol–water partition coefficient (Wildman–Crippen LogP) is 3.23. The minimum absolute atomic E-state index is 0.0332. The molecule has 2 N–H and O–H groups in total. The number of carbonyl (C=O) groups excluding carboxylic acids is 2. The van der Waals surface area contributed by atoms with Crippen molar-refractivity contribution in [2.75, 3.05) is 18.0 Å². The lowest BCUT2D eigenvalue weighted by Gasteiger charge is -2.28. The van der Waals surface area contributed by atoms with Crippen molar-refractivity contribution in [2.45, 2.75) is 77.2 Å². The van der Waals surface area contributed by atoms with Crippen molar-refractivity contribution in [3.05, 3.63) is 23.8 Å². The molecule has 1 aliphatic heterocycles. The average molecular weight is 464 g/mol. The Morgan fingerprint density at radius 2 is 1.84 bits per heavy atom. The summed E-state index contributed by atoms with van der Waals surface area (Å²) in [5, 5.41) is 3.03. The Labute approximate surface area is 192 Å². The molecule has 7 nitrogen and oxygen atoms in total. The highest BCUT2D eigenvalue weighted by Crippen LogP contribution is 2.34. The molecule has 1 fully saturated rings. The summed E-state index contributed by atoms with van der Waals surface area (Å²) in [5.74, 6) is 0.956. The van der Waals surface area contributed by atoms with Crippen LogP contribution in [-0.2, 0) is 26.0 Å². The number of anilines is 1. The van der Waals surface area contributed by atoms with Gasteiger partial charge in [-0.05, 0) is 81.0 Å². The normalized spacial score (nSPS) is 23.3. The summed E-state index contributed by atoms with van der Waals surface area (Å²) in [7, 11) is -3.62. The van der Waals surface area contributed by atoms with Gasteiger partial charge in [0.15, 0.2) is 0 Å². The van der Waals surface area contributed by atoms with Crippen LogP contribution < -0.4 is 14.9 Å². The van der Waals surface area contributed by atoms with E-state index < -0.39 is 10.0 Å². The zero-order valence-corrected chi connectivity index (χ0v) is 20.5. The summed E-state index contributed by atoms with van der Waals surface area (Å²) in [6.45, 7) is 8.89. The van der Waals surface area contributed by atoms with Gasteiger partial charge in [-0.3, -0.25) is 9.59 Å². The summed E-state index contributed by atoms with van der Waals surface area (Å²) in [6, 6.07) is 5.03. The molecular weight excluding hydrogens is 426 g/mol. The lowest BCUT2D eigenvalue weighted by Crippen LogP contribution is -2.36. The number of amides is 2. The van der Waals surface area contributed by atoms with E-state index in [9.17, 15) is 18.0 Å². The van der Waals surface area contributed by atoms with Gasteiger partial charge in [0.05, 0.1) is 4.90 Å². The number of benzene rings is 1. The molecule has 3 rings (SSSR count). The van der Waals surface area contributed by atoms with Gasteiger partial charge < -0.3 is 10.2 Å². The van der Waals surface area contributed by atoms with Crippen LogP contribution in [0.15, 0.2) is 23.1 Å². The average Bonchev–Trinajstić information content (AvgIpc) is 3.07. The van der Waals surface area contributed by atoms with Crippen LogP contribution in [0, 0.1) is 17.8 Å². The van der Waals surface area contributed by atoms with Crippen molar-refractivity contribution in [3.8, 4) is 0 Å². The molecule has 0 aromatic heterocycles. The first-order valence-corrected chi connectivity index (χ1v) is 13.3. The molecule has 1 aromatic rings. The fourth-order valence-corrected chi connectivity index (χ4v) is 5.99. The van der Waals surface area contributed by atoms with Gasteiger partial charge in [0.2, 0.25) is 21.8 Å². The predicted molar refractivity (Wildman–Crippen MR) is 126 cm³/mol. The second kappa shape index (κ2) is 10.3. The van der Waals surface area contributed by atoms with Gasteiger partial charge in [-0.2, -0.15) is 0 Å². The summed E-state index contributed by atoms with van der Waals surface area (Å²) >= 11 is 0. The van der Waals surface area contributed by atoms with E-state index in [1.54, 1.807) is 23.1 Å². The monoisotopic (exact) mass is 463 g/mol. The van der Waals surface area contributed by atoms with Crippen molar-refractivity contribution >= 4 is 27.5 Å². The minimum Gasteiger partial charge on any atom is -0.356 e.